The van der Waals surface area contributed by atoms with Gasteiger partial charge in [0.15, 0.2) is 0 Å². The van der Waals surface area contributed by atoms with Crippen molar-refractivity contribution in [2.24, 2.45) is 0 Å². The number of ether oxygens (including phenoxy) is 1. The van der Waals surface area contributed by atoms with Crippen LogP contribution in [0.4, 0.5) is 0 Å². The number of H-pyrrole nitrogens is 1. The van der Waals surface area contributed by atoms with E-state index in [2.05, 4.69) is 19.7 Å². The molecule has 2 rings (SSSR count). The Bertz CT molecular complexity index is 694. The largest absolute Gasteiger partial charge is 0.466 e. The summed E-state index contributed by atoms with van der Waals surface area (Å²) in [7, 11) is -3.68. The molecule has 2 N–H and O–H groups in total. The first-order valence-corrected chi connectivity index (χ1v) is 8.45. The van der Waals surface area contributed by atoms with Gasteiger partial charge in [0.2, 0.25) is 5.16 Å². The molecule has 0 saturated carbocycles. The summed E-state index contributed by atoms with van der Waals surface area (Å²) in [6, 6.07) is 0. The monoisotopic (exact) mass is 330 g/mol. The molecule has 0 aliphatic heterocycles. The number of sulfonamides is 1. The van der Waals surface area contributed by atoms with Gasteiger partial charge in [-0.1, -0.05) is 0 Å². The minimum atomic E-state index is -3.68. The first-order chi connectivity index (χ1) is 10.0. The maximum absolute atomic E-state index is 11.8. The van der Waals surface area contributed by atoms with Gasteiger partial charge < -0.3 is 9.72 Å². The van der Waals surface area contributed by atoms with Crippen LogP contribution in [0.25, 0.3) is 0 Å². The SMILES string of the molecule is CCOC(=O)Cc1csc(CNS(=O)(=O)c2ncc[nH]2)n1. The van der Waals surface area contributed by atoms with Gasteiger partial charge in [0.25, 0.3) is 10.0 Å². The van der Waals surface area contributed by atoms with Gasteiger partial charge in [-0.2, -0.15) is 0 Å². The Labute approximate surface area is 125 Å². The average molecular weight is 330 g/mol. The van der Waals surface area contributed by atoms with Crippen molar-refractivity contribution in [3.05, 3.63) is 28.5 Å². The summed E-state index contributed by atoms with van der Waals surface area (Å²) in [6.07, 6.45) is 2.86. The number of imidazole rings is 1. The molecule has 2 aromatic rings. The van der Waals surface area contributed by atoms with Crippen molar-refractivity contribution < 1.29 is 17.9 Å². The van der Waals surface area contributed by atoms with E-state index in [-0.39, 0.29) is 24.1 Å². The fourth-order valence-corrected chi connectivity index (χ4v) is 3.21. The van der Waals surface area contributed by atoms with Crippen molar-refractivity contribution in [1.29, 1.82) is 0 Å². The van der Waals surface area contributed by atoms with Gasteiger partial charge in [-0.25, -0.2) is 23.1 Å². The molecule has 0 aliphatic carbocycles. The summed E-state index contributed by atoms with van der Waals surface area (Å²) in [4.78, 5) is 21.7. The molecular formula is C11H14N4O4S2. The maximum Gasteiger partial charge on any atom is 0.311 e. The second-order valence-electron chi connectivity index (χ2n) is 3.93. The molecule has 0 unspecified atom stereocenters. The van der Waals surface area contributed by atoms with E-state index in [0.717, 1.165) is 0 Å². The van der Waals surface area contributed by atoms with Crippen molar-refractivity contribution in [3.63, 3.8) is 0 Å². The number of hydrogen-bond donors (Lipinski definition) is 2. The maximum atomic E-state index is 11.8. The molecule has 0 saturated heterocycles. The first-order valence-electron chi connectivity index (χ1n) is 6.09. The number of carbonyl (C=O) groups is 1. The number of hydrogen-bond acceptors (Lipinski definition) is 7. The van der Waals surface area contributed by atoms with Gasteiger partial charge in [-0.15, -0.1) is 11.3 Å². The molecule has 0 atom stereocenters. The lowest BCUT2D eigenvalue weighted by Gasteiger charge is -2.01. The molecule has 0 radical (unpaired) electrons. The van der Waals surface area contributed by atoms with Crippen LogP contribution in [0.5, 0.6) is 0 Å². The number of rotatable bonds is 7. The fraction of sp³-hybridized carbons (Fsp3) is 0.364. The van der Waals surface area contributed by atoms with Crippen molar-refractivity contribution >= 4 is 27.3 Å². The van der Waals surface area contributed by atoms with Crippen LogP contribution in [0.15, 0.2) is 22.9 Å². The molecular weight excluding hydrogens is 316 g/mol. The van der Waals surface area contributed by atoms with Gasteiger partial charge in [-0.05, 0) is 6.92 Å². The van der Waals surface area contributed by atoms with Gasteiger partial charge in [0, 0.05) is 17.8 Å². The highest BCUT2D eigenvalue weighted by Crippen LogP contribution is 2.11. The van der Waals surface area contributed by atoms with Crippen LogP contribution in [0.3, 0.4) is 0 Å². The van der Waals surface area contributed by atoms with Crippen molar-refractivity contribution in [2.45, 2.75) is 25.0 Å². The fourth-order valence-electron chi connectivity index (χ4n) is 1.49. The standard InChI is InChI=1S/C11H14N4O4S2/c1-2-19-10(16)5-8-7-20-9(15-8)6-14-21(17,18)11-12-3-4-13-11/h3-4,7,14H,2,5-6H2,1H3,(H,12,13). The van der Waals surface area contributed by atoms with E-state index in [9.17, 15) is 13.2 Å². The third-order valence-electron chi connectivity index (χ3n) is 2.37. The van der Waals surface area contributed by atoms with Gasteiger partial charge in [0.05, 0.1) is 25.3 Å². The summed E-state index contributed by atoms with van der Waals surface area (Å²) in [5.74, 6) is -0.356. The normalized spacial score (nSPS) is 11.5. The Kier molecular flexibility index (Phi) is 5.04. The molecule has 0 bridgehead atoms. The molecule has 2 heterocycles. The van der Waals surface area contributed by atoms with E-state index in [4.69, 9.17) is 4.74 Å². The molecule has 114 valence electrons. The van der Waals surface area contributed by atoms with E-state index in [1.54, 1.807) is 12.3 Å². The molecule has 8 nitrogen and oxygen atoms in total. The Morgan fingerprint density at radius 1 is 1.52 bits per heavy atom. The zero-order chi connectivity index (χ0) is 15.3. The van der Waals surface area contributed by atoms with E-state index in [1.807, 2.05) is 0 Å². The highest BCUT2D eigenvalue weighted by atomic mass is 32.2. The number of aromatic nitrogens is 3. The summed E-state index contributed by atoms with van der Waals surface area (Å²) in [5, 5.41) is 2.11. The van der Waals surface area contributed by atoms with E-state index in [0.29, 0.717) is 17.3 Å². The number of thiazole rings is 1. The minimum Gasteiger partial charge on any atom is -0.466 e. The highest BCUT2D eigenvalue weighted by Gasteiger charge is 2.17. The molecule has 0 aliphatic rings. The molecule has 2 aromatic heterocycles. The van der Waals surface area contributed by atoms with Crippen molar-refractivity contribution in [3.8, 4) is 0 Å². The molecule has 0 aromatic carbocycles. The summed E-state index contributed by atoms with van der Waals surface area (Å²) in [5.41, 5.74) is 0.561. The van der Waals surface area contributed by atoms with E-state index < -0.39 is 10.0 Å². The van der Waals surface area contributed by atoms with Crippen molar-refractivity contribution in [1.82, 2.24) is 19.7 Å². The Morgan fingerprint density at radius 3 is 3.00 bits per heavy atom. The molecule has 10 heteroatoms. The molecule has 0 amide bonds. The Hall–Kier alpha value is -1.78. The zero-order valence-corrected chi connectivity index (χ0v) is 12.8. The number of esters is 1. The predicted molar refractivity (Wildman–Crippen MR) is 75.1 cm³/mol. The quantitative estimate of drug-likeness (QED) is 0.713. The third kappa shape index (κ3) is 4.34. The van der Waals surface area contributed by atoms with Crippen LogP contribution in [-0.4, -0.2) is 35.9 Å². The first kappa shape index (κ1) is 15.6. The minimum absolute atomic E-state index is 0.0382. The summed E-state index contributed by atoms with van der Waals surface area (Å²) in [6.45, 7) is 2.09. The zero-order valence-electron chi connectivity index (χ0n) is 11.2. The second-order valence-corrected chi connectivity index (χ2v) is 6.56. The Balaban J connectivity index is 1.93. The van der Waals surface area contributed by atoms with Crippen LogP contribution >= 0.6 is 11.3 Å². The lowest BCUT2D eigenvalue weighted by atomic mass is 10.3. The third-order valence-corrected chi connectivity index (χ3v) is 4.53. The molecule has 21 heavy (non-hydrogen) atoms. The molecule has 0 spiro atoms. The Morgan fingerprint density at radius 2 is 2.33 bits per heavy atom. The van der Waals surface area contributed by atoms with Crippen LogP contribution in [0.1, 0.15) is 17.6 Å². The number of nitrogens with zero attached hydrogens (tertiary/aromatic N) is 2. The van der Waals surface area contributed by atoms with Gasteiger partial charge >= 0.3 is 5.97 Å². The number of nitrogens with one attached hydrogen (secondary N) is 2. The second kappa shape index (κ2) is 6.78. The summed E-state index contributed by atoms with van der Waals surface area (Å²) >= 11 is 1.27. The smallest absolute Gasteiger partial charge is 0.311 e. The van der Waals surface area contributed by atoms with Crippen LogP contribution in [0.2, 0.25) is 0 Å². The predicted octanol–water partition coefficient (Wildman–Crippen LogP) is 0.450. The lowest BCUT2D eigenvalue weighted by molar-refractivity contribution is -0.142. The van der Waals surface area contributed by atoms with E-state index >= 15 is 0 Å². The number of carbonyl (C=O) groups excluding carboxylic acids is 1. The van der Waals surface area contributed by atoms with Gasteiger partial charge in [0.1, 0.15) is 5.01 Å². The van der Waals surface area contributed by atoms with Gasteiger partial charge in [-0.3, -0.25) is 4.79 Å². The number of aromatic amines is 1. The van der Waals surface area contributed by atoms with E-state index in [1.165, 1.54) is 23.7 Å². The lowest BCUT2D eigenvalue weighted by Crippen LogP contribution is -2.24. The van der Waals surface area contributed by atoms with Crippen molar-refractivity contribution in [2.75, 3.05) is 6.61 Å². The van der Waals surface area contributed by atoms with Crippen LogP contribution in [-0.2, 0) is 32.5 Å². The summed E-state index contributed by atoms with van der Waals surface area (Å²) < 4.78 is 30.9. The highest BCUT2D eigenvalue weighted by molar-refractivity contribution is 7.89. The van der Waals surface area contributed by atoms with Crippen LogP contribution in [0, 0.1) is 0 Å². The average Bonchev–Trinajstić information content (AvgIpc) is 3.08. The topological polar surface area (TPSA) is 114 Å². The van der Waals surface area contributed by atoms with Crippen LogP contribution < -0.4 is 4.72 Å². The molecule has 0 fully saturated rings.